The molecule has 29 heavy (non-hydrogen) atoms. The Morgan fingerprint density at radius 1 is 1.10 bits per heavy atom. The predicted molar refractivity (Wildman–Crippen MR) is 109 cm³/mol. The summed E-state index contributed by atoms with van der Waals surface area (Å²) in [6.45, 7) is 2.78. The van der Waals surface area contributed by atoms with Crippen LogP contribution in [0.5, 0.6) is 0 Å². The van der Waals surface area contributed by atoms with Gasteiger partial charge in [0.25, 0.3) is 0 Å². The zero-order chi connectivity index (χ0) is 20.9. The van der Waals surface area contributed by atoms with E-state index in [0.29, 0.717) is 18.7 Å². The Labute approximate surface area is 171 Å². The van der Waals surface area contributed by atoms with Crippen molar-refractivity contribution in [3.05, 3.63) is 59.9 Å². The average molecular weight is 416 g/mol. The van der Waals surface area contributed by atoms with Crippen molar-refractivity contribution in [2.24, 2.45) is 0 Å². The molecule has 0 aliphatic carbocycles. The summed E-state index contributed by atoms with van der Waals surface area (Å²) in [5, 5.41) is 1.48. The summed E-state index contributed by atoms with van der Waals surface area (Å²) >= 11 is 0. The number of benzene rings is 1. The molecule has 8 heteroatoms. The smallest absolute Gasteiger partial charge is 0.311 e. The predicted octanol–water partition coefficient (Wildman–Crippen LogP) is 2.03. The molecule has 1 aliphatic heterocycles. The van der Waals surface area contributed by atoms with Gasteiger partial charge in [0.15, 0.2) is 9.84 Å². The molecule has 7 nitrogen and oxygen atoms in total. The molecule has 0 spiro atoms. The van der Waals surface area contributed by atoms with Gasteiger partial charge in [-0.25, -0.2) is 8.42 Å². The number of aryl methyl sites for hydroxylation is 1. The molecule has 1 aliphatic rings. The maximum absolute atomic E-state index is 13.3. The first-order valence-corrected chi connectivity index (χ1v) is 11.2. The van der Waals surface area contributed by atoms with Gasteiger partial charge in [0.1, 0.15) is 5.25 Å². The minimum Gasteiger partial charge on any atom is -0.346 e. The first kappa shape index (κ1) is 21.0. The molecule has 1 fully saturated rings. The normalized spacial score (nSPS) is 15.6. The number of rotatable bonds is 5. The fourth-order valence-electron chi connectivity index (χ4n) is 3.37. The number of carbonyl (C=O) groups excluding carboxylic acids is 2. The van der Waals surface area contributed by atoms with Crippen molar-refractivity contribution in [2.45, 2.75) is 36.3 Å². The van der Waals surface area contributed by atoms with E-state index in [1.807, 2.05) is 6.92 Å². The van der Waals surface area contributed by atoms with Crippen molar-refractivity contribution in [1.29, 1.82) is 0 Å². The van der Waals surface area contributed by atoms with Crippen LogP contribution < -0.4 is 5.32 Å². The molecule has 2 aromatic rings. The molecule has 2 heterocycles. The number of aromatic nitrogens is 1. The molecule has 3 rings (SSSR count). The number of likely N-dealkylation sites (tertiary alicyclic amines) is 1. The van der Waals surface area contributed by atoms with Crippen LogP contribution >= 0.6 is 0 Å². The highest BCUT2D eigenvalue weighted by atomic mass is 32.2. The maximum Gasteiger partial charge on any atom is 0.311 e. The topological polar surface area (TPSA) is 96.4 Å². The van der Waals surface area contributed by atoms with Gasteiger partial charge in [0.2, 0.25) is 0 Å². The van der Waals surface area contributed by atoms with E-state index in [4.69, 9.17) is 0 Å². The Morgan fingerprint density at radius 3 is 2.41 bits per heavy atom. The molecule has 2 amide bonds. The molecule has 154 valence electrons. The van der Waals surface area contributed by atoms with Crippen molar-refractivity contribution in [3.63, 3.8) is 0 Å². The van der Waals surface area contributed by atoms with Crippen molar-refractivity contribution in [1.82, 2.24) is 15.2 Å². The SMILES string of the molecule is Cc1ccc(S(=O)(=O)[C@H](CNC(=O)C(=O)N2CCCCC2)c2cccnc2)cc1. The zero-order valence-corrected chi connectivity index (χ0v) is 17.2. The van der Waals surface area contributed by atoms with Crippen LogP contribution in [-0.4, -0.2) is 49.8 Å². The van der Waals surface area contributed by atoms with Gasteiger partial charge in [-0.05, 0) is 49.9 Å². The van der Waals surface area contributed by atoms with Crippen LogP contribution in [0.25, 0.3) is 0 Å². The van der Waals surface area contributed by atoms with E-state index in [0.717, 1.165) is 24.8 Å². The number of pyridine rings is 1. The van der Waals surface area contributed by atoms with Gasteiger partial charge in [-0.3, -0.25) is 14.6 Å². The van der Waals surface area contributed by atoms with Gasteiger partial charge in [0.05, 0.1) is 4.90 Å². The Morgan fingerprint density at radius 2 is 1.79 bits per heavy atom. The minimum atomic E-state index is -3.80. The van der Waals surface area contributed by atoms with Crippen molar-refractivity contribution < 1.29 is 18.0 Å². The zero-order valence-electron chi connectivity index (χ0n) is 16.4. The Bertz CT molecular complexity index is 953. The molecular weight excluding hydrogens is 390 g/mol. The number of nitrogens with one attached hydrogen (secondary N) is 1. The van der Waals surface area contributed by atoms with Crippen LogP contribution in [0.15, 0.2) is 53.7 Å². The summed E-state index contributed by atoms with van der Waals surface area (Å²) in [5.74, 6) is -1.39. The van der Waals surface area contributed by atoms with E-state index in [2.05, 4.69) is 10.3 Å². The highest BCUT2D eigenvalue weighted by molar-refractivity contribution is 7.91. The fourth-order valence-corrected chi connectivity index (χ4v) is 5.01. The summed E-state index contributed by atoms with van der Waals surface area (Å²) in [7, 11) is -3.80. The molecular formula is C21H25N3O4S. The average Bonchev–Trinajstić information content (AvgIpc) is 2.74. The number of carbonyl (C=O) groups is 2. The molecule has 1 aromatic heterocycles. The summed E-state index contributed by atoms with van der Waals surface area (Å²) < 4.78 is 26.5. The molecule has 1 aromatic carbocycles. The molecule has 1 saturated heterocycles. The highest BCUT2D eigenvalue weighted by Crippen LogP contribution is 2.28. The lowest BCUT2D eigenvalue weighted by molar-refractivity contribution is -0.146. The van der Waals surface area contributed by atoms with E-state index >= 15 is 0 Å². The lowest BCUT2D eigenvalue weighted by Crippen LogP contribution is -2.46. The standard InChI is InChI=1S/C21H25N3O4S/c1-16-7-9-18(10-8-16)29(27,28)19(17-6-5-11-22-14-17)15-23-20(25)21(26)24-12-3-2-4-13-24/h5-11,14,19H,2-4,12-13,15H2,1H3,(H,23,25)/t19-/m1/s1. The van der Waals surface area contributed by atoms with Crippen LogP contribution in [0.1, 0.15) is 35.6 Å². The van der Waals surface area contributed by atoms with Crippen LogP contribution in [-0.2, 0) is 19.4 Å². The largest absolute Gasteiger partial charge is 0.346 e. The Balaban J connectivity index is 1.80. The molecule has 0 radical (unpaired) electrons. The van der Waals surface area contributed by atoms with Crippen LogP contribution in [0.3, 0.4) is 0 Å². The molecule has 0 unspecified atom stereocenters. The van der Waals surface area contributed by atoms with Crippen LogP contribution in [0.2, 0.25) is 0 Å². The summed E-state index contributed by atoms with van der Waals surface area (Å²) in [6.07, 6.45) is 5.81. The van der Waals surface area contributed by atoms with E-state index in [1.54, 1.807) is 42.6 Å². The Kier molecular flexibility index (Phi) is 6.64. The van der Waals surface area contributed by atoms with Crippen LogP contribution in [0.4, 0.5) is 0 Å². The minimum absolute atomic E-state index is 0.161. The first-order chi connectivity index (χ1) is 13.9. The van der Waals surface area contributed by atoms with Crippen molar-refractivity contribution in [2.75, 3.05) is 19.6 Å². The van der Waals surface area contributed by atoms with E-state index < -0.39 is 26.9 Å². The molecule has 0 bridgehead atoms. The van der Waals surface area contributed by atoms with Gasteiger partial charge in [0, 0.05) is 32.0 Å². The van der Waals surface area contributed by atoms with Gasteiger partial charge < -0.3 is 10.2 Å². The van der Waals surface area contributed by atoms with Gasteiger partial charge in [-0.1, -0.05) is 23.8 Å². The second-order valence-electron chi connectivity index (χ2n) is 7.20. The molecule has 1 atom stereocenters. The lowest BCUT2D eigenvalue weighted by atomic mass is 10.1. The van der Waals surface area contributed by atoms with Crippen molar-refractivity contribution in [3.8, 4) is 0 Å². The monoisotopic (exact) mass is 415 g/mol. The van der Waals surface area contributed by atoms with Gasteiger partial charge in [-0.2, -0.15) is 0 Å². The van der Waals surface area contributed by atoms with E-state index in [9.17, 15) is 18.0 Å². The number of sulfone groups is 1. The van der Waals surface area contributed by atoms with Gasteiger partial charge >= 0.3 is 11.8 Å². The quantitative estimate of drug-likeness (QED) is 0.754. The molecule has 1 N–H and O–H groups in total. The number of nitrogens with zero attached hydrogens (tertiary/aromatic N) is 2. The fraction of sp³-hybridized carbons (Fsp3) is 0.381. The second-order valence-corrected chi connectivity index (χ2v) is 9.33. The number of amides is 2. The van der Waals surface area contributed by atoms with Crippen LogP contribution in [0, 0.1) is 6.92 Å². The third-order valence-electron chi connectivity index (χ3n) is 5.07. The van der Waals surface area contributed by atoms with E-state index in [1.165, 1.54) is 11.1 Å². The first-order valence-electron chi connectivity index (χ1n) is 9.67. The number of hydrogen-bond acceptors (Lipinski definition) is 5. The second kappa shape index (κ2) is 9.17. The third-order valence-corrected chi connectivity index (χ3v) is 7.18. The summed E-state index contributed by atoms with van der Waals surface area (Å²) in [5.41, 5.74) is 1.40. The maximum atomic E-state index is 13.3. The summed E-state index contributed by atoms with van der Waals surface area (Å²) in [4.78, 5) is 30.4. The third kappa shape index (κ3) is 5.00. The van der Waals surface area contributed by atoms with Gasteiger partial charge in [-0.15, -0.1) is 0 Å². The molecule has 0 saturated carbocycles. The highest BCUT2D eigenvalue weighted by Gasteiger charge is 2.31. The number of piperidine rings is 1. The lowest BCUT2D eigenvalue weighted by Gasteiger charge is -2.26. The number of hydrogen-bond donors (Lipinski definition) is 1. The van der Waals surface area contributed by atoms with E-state index in [-0.39, 0.29) is 11.4 Å². The Hall–Kier alpha value is -2.74. The summed E-state index contributed by atoms with van der Waals surface area (Å²) in [6, 6.07) is 9.86. The van der Waals surface area contributed by atoms with Crippen molar-refractivity contribution >= 4 is 21.7 Å².